The highest BCUT2D eigenvalue weighted by Gasteiger charge is 2.13. The molecule has 78 valence electrons. The molecule has 7 nitrogen and oxygen atoms in total. The van der Waals surface area contributed by atoms with E-state index >= 15 is 0 Å². The second kappa shape index (κ2) is 5.70. The van der Waals surface area contributed by atoms with Crippen molar-refractivity contribution in [3.05, 3.63) is 22.4 Å². The molecule has 0 aliphatic rings. The molecule has 1 aromatic rings. The lowest BCUT2D eigenvalue weighted by atomic mass is 10.3. The van der Waals surface area contributed by atoms with E-state index in [1.54, 1.807) is 0 Å². The Morgan fingerprint density at radius 3 is 2.57 bits per heavy atom. The number of nitrogens with two attached hydrogens (primary N) is 2. The summed E-state index contributed by atoms with van der Waals surface area (Å²) in [5, 5.41) is 10.3. The minimum Gasteiger partial charge on any atom is -0.397 e. The monoisotopic (exact) mass is 199 g/mol. The molecule has 1 rings (SSSR count). The van der Waals surface area contributed by atoms with Crippen LogP contribution < -0.4 is 17.0 Å². The second-order valence-electron chi connectivity index (χ2n) is 2.04. The highest BCUT2D eigenvalue weighted by Crippen LogP contribution is 2.22. The van der Waals surface area contributed by atoms with Crippen molar-refractivity contribution in [2.75, 3.05) is 11.2 Å². The number of hydrazine groups is 1. The zero-order chi connectivity index (χ0) is 11.1. The Labute approximate surface area is 81.2 Å². The van der Waals surface area contributed by atoms with E-state index in [9.17, 15) is 10.1 Å². The summed E-state index contributed by atoms with van der Waals surface area (Å²) in [7, 11) is 0. The Bertz CT molecular complexity index is 315. The average Bonchev–Trinajstić information content (AvgIpc) is 2.20. The van der Waals surface area contributed by atoms with E-state index in [1.165, 1.54) is 12.3 Å². The van der Waals surface area contributed by atoms with Gasteiger partial charge in [-0.3, -0.25) is 10.1 Å². The first kappa shape index (κ1) is 12.1. The molecule has 0 fully saturated rings. The quantitative estimate of drug-likeness (QED) is 0.369. The van der Waals surface area contributed by atoms with E-state index < -0.39 is 4.92 Å². The summed E-state index contributed by atoms with van der Waals surface area (Å²) in [6.07, 6.45) is 1.28. The fourth-order valence-corrected chi connectivity index (χ4v) is 0.719. The van der Waals surface area contributed by atoms with Crippen LogP contribution >= 0.6 is 0 Å². The highest BCUT2D eigenvalue weighted by molar-refractivity contribution is 5.60. The van der Waals surface area contributed by atoms with Crippen LogP contribution in [0.5, 0.6) is 0 Å². The predicted molar refractivity (Wildman–Crippen MR) is 54.5 cm³/mol. The molecule has 7 heteroatoms. The van der Waals surface area contributed by atoms with Gasteiger partial charge in [-0.25, -0.2) is 10.8 Å². The zero-order valence-electron chi connectivity index (χ0n) is 8.02. The maximum atomic E-state index is 10.3. The van der Waals surface area contributed by atoms with Gasteiger partial charge in [0.15, 0.2) is 0 Å². The Morgan fingerprint density at radius 1 is 1.57 bits per heavy atom. The molecule has 1 heterocycles. The molecule has 0 saturated heterocycles. The minimum absolute atomic E-state index is 0.00537. The minimum atomic E-state index is -0.613. The molecule has 0 amide bonds. The Balaban J connectivity index is 0.000000791. The van der Waals surface area contributed by atoms with Gasteiger partial charge in [-0.1, -0.05) is 13.8 Å². The highest BCUT2D eigenvalue weighted by atomic mass is 16.6. The first-order valence-electron chi connectivity index (χ1n) is 4.01. The van der Waals surface area contributed by atoms with Crippen molar-refractivity contribution in [1.82, 2.24) is 4.98 Å². The first-order chi connectivity index (χ1) is 6.65. The third-order valence-electron chi connectivity index (χ3n) is 1.22. The predicted octanol–water partition coefficient (Wildman–Crippen LogP) is 0.884. The molecule has 0 aliphatic heterocycles. The average molecular weight is 199 g/mol. The van der Waals surface area contributed by atoms with Crippen molar-refractivity contribution in [3.8, 4) is 0 Å². The summed E-state index contributed by atoms with van der Waals surface area (Å²) in [6.45, 7) is 4.00. The molecular weight excluding hydrogens is 186 g/mol. The largest absolute Gasteiger partial charge is 0.397 e. The number of hydrogen-bond donors (Lipinski definition) is 3. The number of aromatic nitrogens is 1. The molecule has 0 unspecified atom stereocenters. The fourth-order valence-electron chi connectivity index (χ4n) is 0.719. The number of nitro groups is 1. The molecule has 0 bridgehead atoms. The Morgan fingerprint density at radius 2 is 2.14 bits per heavy atom. The number of nitrogens with zero attached hydrogens (tertiary/aromatic N) is 2. The standard InChI is InChI=1S/C5H7N5O2.C2H6/c6-3-1-4(10(11)12)5(9-7)8-2-3;1-2/h1-2H,6-7H2,(H,8,9);1-2H3. The van der Waals surface area contributed by atoms with Crippen LogP contribution in [-0.4, -0.2) is 9.91 Å². The van der Waals surface area contributed by atoms with Gasteiger partial charge in [0.2, 0.25) is 5.82 Å². The van der Waals surface area contributed by atoms with Gasteiger partial charge in [0.05, 0.1) is 16.8 Å². The normalized spacial score (nSPS) is 8.50. The van der Waals surface area contributed by atoms with Crippen LogP contribution in [0.3, 0.4) is 0 Å². The van der Waals surface area contributed by atoms with E-state index in [2.05, 4.69) is 10.4 Å². The van der Waals surface area contributed by atoms with Crippen molar-refractivity contribution < 1.29 is 4.92 Å². The van der Waals surface area contributed by atoms with Gasteiger partial charge in [-0.05, 0) is 0 Å². The van der Waals surface area contributed by atoms with Crippen LogP contribution in [0.15, 0.2) is 12.3 Å². The number of anilines is 2. The third-order valence-corrected chi connectivity index (χ3v) is 1.22. The van der Waals surface area contributed by atoms with Gasteiger partial charge < -0.3 is 11.2 Å². The van der Waals surface area contributed by atoms with Crippen molar-refractivity contribution in [2.24, 2.45) is 5.84 Å². The van der Waals surface area contributed by atoms with Gasteiger partial charge in [0, 0.05) is 6.07 Å². The van der Waals surface area contributed by atoms with Crippen LogP contribution in [0.1, 0.15) is 13.8 Å². The van der Waals surface area contributed by atoms with E-state index in [0.29, 0.717) is 0 Å². The van der Waals surface area contributed by atoms with Crippen molar-refractivity contribution in [3.63, 3.8) is 0 Å². The molecular formula is C7H13N5O2. The molecule has 14 heavy (non-hydrogen) atoms. The lowest BCUT2D eigenvalue weighted by Crippen LogP contribution is -2.11. The summed E-state index contributed by atoms with van der Waals surface area (Å²) < 4.78 is 0. The molecule has 5 N–H and O–H groups in total. The second-order valence-corrected chi connectivity index (χ2v) is 2.04. The maximum Gasteiger partial charge on any atom is 0.314 e. The zero-order valence-corrected chi connectivity index (χ0v) is 8.02. The number of nitrogen functional groups attached to an aromatic ring is 2. The van der Waals surface area contributed by atoms with Gasteiger partial charge in [0.1, 0.15) is 0 Å². The van der Waals surface area contributed by atoms with Crippen LogP contribution in [0.4, 0.5) is 17.2 Å². The molecule has 0 radical (unpaired) electrons. The molecule has 0 saturated carbocycles. The number of nitrogens with one attached hydrogen (secondary N) is 1. The van der Waals surface area contributed by atoms with Crippen LogP contribution in [-0.2, 0) is 0 Å². The number of pyridine rings is 1. The summed E-state index contributed by atoms with van der Waals surface area (Å²) in [5.41, 5.74) is 7.36. The van der Waals surface area contributed by atoms with Crippen molar-refractivity contribution >= 4 is 17.2 Å². The Kier molecular flexibility index (Phi) is 4.93. The smallest absolute Gasteiger partial charge is 0.314 e. The lowest BCUT2D eigenvalue weighted by Gasteiger charge is -2.00. The van der Waals surface area contributed by atoms with Gasteiger partial charge in [0.25, 0.3) is 0 Å². The molecule has 0 aliphatic carbocycles. The van der Waals surface area contributed by atoms with Gasteiger partial charge in [-0.2, -0.15) is 0 Å². The molecule has 0 spiro atoms. The Hall–Kier alpha value is -1.89. The topological polar surface area (TPSA) is 120 Å². The maximum absolute atomic E-state index is 10.3. The van der Waals surface area contributed by atoms with E-state index in [4.69, 9.17) is 11.6 Å². The van der Waals surface area contributed by atoms with Crippen molar-refractivity contribution in [2.45, 2.75) is 13.8 Å². The number of hydrogen-bond acceptors (Lipinski definition) is 6. The number of rotatable bonds is 2. The summed E-state index contributed by atoms with van der Waals surface area (Å²) in [6, 6.07) is 1.18. The van der Waals surface area contributed by atoms with E-state index in [0.717, 1.165) is 0 Å². The molecule has 1 aromatic heterocycles. The van der Waals surface area contributed by atoms with Crippen LogP contribution in [0, 0.1) is 10.1 Å². The van der Waals surface area contributed by atoms with Gasteiger partial charge >= 0.3 is 5.69 Å². The SMILES string of the molecule is CC.NNc1ncc(N)cc1[N+](=O)[O-]. The molecule has 0 aromatic carbocycles. The van der Waals surface area contributed by atoms with Crippen molar-refractivity contribution in [1.29, 1.82) is 0 Å². The fraction of sp³-hybridized carbons (Fsp3) is 0.286. The molecule has 0 atom stereocenters. The van der Waals surface area contributed by atoms with Crippen LogP contribution in [0.2, 0.25) is 0 Å². The first-order valence-corrected chi connectivity index (χ1v) is 4.01. The summed E-state index contributed by atoms with van der Waals surface area (Å²) >= 11 is 0. The van der Waals surface area contributed by atoms with E-state index in [-0.39, 0.29) is 17.2 Å². The third kappa shape index (κ3) is 2.87. The van der Waals surface area contributed by atoms with Gasteiger partial charge in [-0.15, -0.1) is 0 Å². The lowest BCUT2D eigenvalue weighted by molar-refractivity contribution is -0.384. The van der Waals surface area contributed by atoms with Crippen LogP contribution in [0.25, 0.3) is 0 Å². The summed E-state index contributed by atoms with van der Waals surface area (Å²) in [4.78, 5) is 13.3. The summed E-state index contributed by atoms with van der Waals surface area (Å²) in [5.74, 6) is 4.98. The van der Waals surface area contributed by atoms with E-state index in [1.807, 2.05) is 13.8 Å².